The Morgan fingerprint density at radius 3 is 2.71 bits per heavy atom. The van der Waals surface area contributed by atoms with Gasteiger partial charge in [0.25, 0.3) is 0 Å². The number of hydrogen-bond donors (Lipinski definition) is 3. The Balaban J connectivity index is 2.21. The van der Waals surface area contributed by atoms with Crippen molar-refractivity contribution in [2.75, 3.05) is 26.2 Å². The van der Waals surface area contributed by atoms with E-state index in [1.54, 1.807) is 0 Å². The SMILES string of the molecule is CCN(CC)CCN=C(N)/C(C#N)=C/c1[nH]c2ccccc2c1O. The van der Waals surface area contributed by atoms with Crippen LogP contribution < -0.4 is 5.73 Å². The van der Waals surface area contributed by atoms with Crippen LogP contribution >= 0.6 is 0 Å². The number of nitriles is 1. The summed E-state index contributed by atoms with van der Waals surface area (Å²) in [5.41, 5.74) is 7.42. The minimum atomic E-state index is 0.106. The number of nitrogens with two attached hydrogens (primary N) is 1. The fraction of sp³-hybridized carbons (Fsp3) is 0.333. The summed E-state index contributed by atoms with van der Waals surface area (Å²) in [6.45, 7) is 7.42. The predicted octanol–water partition coefficient (Wildman–Crippen LogP) is 2.48. The highest BCUT2D eigenvalue weighted by Crippen LogP contribution is 2.29. The Hall–Kier alpha value is -2.78. The second-order valence-electron chi connectivity index (χ2n) is 5.40. The van der Waals surface area contributed by atoms with Gasteiger partial charge in [-0.05, 0) is 31.3 Å². The number of aromatic hydroxyl groups is 1. The fourth-order valence-electron chi connectivity index (χ4n) is 2.50. The highest BCUT2D eigenvalue weighted by atomic mass is 16.3. The molecule has 6 heteroatoms. The van der Waals surface area contributed by atoms with Crippen molar-refractivity contribution < 1.29 is 5.11 Å². The molecule has 0 amide bonds. The molecule has 0 saturated carbocycles. The van der Waals surface area contributed by atoms with E-state index in [9.17, 15) is 10.4 Å². The van der Waals surface area contributed by atoms with E-state index in [1.165, 1.54) is 6.08 Å². The van der Waals surface area contributed by atoms with Gasteiger partial charge < -0.3 is 20.7 Å². The van der Waals surface area contributed by atoms with Gasteiger partial charge in [-0.15, -0.1) is 0 Å². The van der Waals surface area contributed by atoms with Crippen LogP contribution in [0.3, 0.4) is 0 Å². The first-order valence-corrected chi connectivity index (χ1v) is 8.04. The Kier molecular flexibility index (Phi) is 5.99. The molecule has 0 radical (unpaired) electrons. The van der Waals surface area contributed by atoms with E-state index in [4.69, 9.17) is 5.73 Å². The highest BCUT2D eigenvalue weighted by Gasteiger charge is 2.10. The first-order chi connectivity index (χ1) is 11.6. The molecule has 2 rings (SSSR count). The molecule has 24 heavy (non-hydrogen) atoms. The molecule has 4 N–H and O–H groups in total. The molecular formula is C18H23N5O. The summed E-state index contributed by atoms with van der Waals surface area (Å²) in [5, 5.41) is 20.3. The van der Waals surface area contributed by atoms with E-state index in [2.05, 4.69) is 28.7 Å². The third-order valence-corrected chi connectivity index (χ3v) is 3.98. The number of nitrogens with zero attached hydrogens (tertiary/aromatic N) is 3. The largest absolute Gasteiger partial charge is 0.505 e. The maximum Gasteiger partial charge on any atom is 0.148 e. The topological polar surface area (TPSA) is 101 Å². The quantitative estimate of drug-likeness (QED) is 0.413. The zero-order valence-electron chi connectivity index (χ0n) is 14.1. The lowest BCUT2D eigenvalue weighted by Gasteiger charge is -2.16. The third-order valence-electron chi connectivity index (χ3n) is 3.98. The number of rotatable bonds is 7. The number of fused-ring (bicyclic) bond motifs is 1. The number of nitrogens with one attached hydrogen (secondary N) is 1. The number of hydrogen-bond acceptors (Lipinski definition) is 4. The third kappa shape index (κ3) is 3.94. The Morgan fingerprint density at radius 1 is 1.38 bits per heavy atom. The maximum atomic E-state index is 10.3. The summed E-state index contributed by atoms with van der Waals surface area (Å²) in [4.78, 5) is 9.59. The van der Waals surface area contributed by atoms with E-state index in [0.717, 1.165) is 25.2 Å². The molecule has 2 aromatic rings. The molecule has 0 atom stereocenters. The number of amidine groups is 1. The van der Waals surface area contributed by atoms with E-state index in [-0.39, 0.29) is 17.2 Å². The molecule has 1 aromatic carbocycles. The predicted molar refractivity (Wildman–Crippen MR) is 97.8 cm³/mol. The van der Waals surface area contributed by atoms with Gasteiger partial charge in [-0.1, -0.05) is 26.0 Å². The summed E-state index contributed by atoms with van der Waals surface area (Å²) in [7, 11) is 0. The van der Waals surface area contributed by atoms with Crippen LogP contribution in [-0.2, 0) is 0 Å². The summed E-state index contributed by atoms with van der Waals surface area (Å²) < 4.78 is 0. The zero-order chi connectivity index (χ0) is 17.5. The molecule has 1 heterocycles. The summed E-state index contributed by atoms with van der Waals surface area (Å²) in [6.07, 6.45) is 1.53. The van der Waals surface area contributed by atoms with E-state index < -0.39 is 0 Å². The van der Waals surface area contributed by atoms with Gasteiger partial charge in [0.15, 0.2) is 0 Å². The normalized spacial score (nSPS) is 12.8. The molecule has 0 unspecified atom stereocenters. The van der Waals surface area contributed by atoms with E-state index >= 15 is 0 Å². The fourth-order valence-corrected chi connectivity index (χ4v) is 2.50. The van der Waals surface area contributed by atoms with E-state index in [0.29, 0.717) is 17.6 Å². The average molecular weight is 325 g/mol. The van der Waals surface area contributed by atoms with E-state index in [1.807, 2.05) is 30.3 Å². The lowest BCUT2D eigenvalue weighted by molar-refractivity contribution is 0.313. The number of likely N-dealkylation sites (N-methyl/N-ethyl adjacent to an activating group) is 1. The Bertz CT molecular complexity index is 793. The zero-order valence-corrected chi connectivity index (χ0v) is 14.1. The van der Waals surface area contributed by atoms with Crippen LogP contribution in [0.5, 0.6) is 5.75 Å². The molecule has 0 spiro atoms. The van der Waals surface area contributed by atoms with Gasteiger partial charge in [0.1, 0.15) is 17.7 Å². The molecule has 1 aromatic heterocycles. The van der Waals surface area contributed by atoms with Crippen molar-refractivity contribution in [1.29, 1.82) is 5.26 Å². The first kappa shape index (κ1) is 17.6. The second-order valence-corrected chi connectivity index (χ2v) is 5.40. The molecule has 0 aliphatic heterocycles. The van der Waals surface area contributed by atoms with Gasteiger partial charge in [-0.2, -0.15) is 5.26 Å². The van der Waals surface area contributed by atoms with Crippen molar-refractivity contribution in [2.24, 2.45) is 10.7 Å². The lowest BCUT2D eigenvalue weighted by atomic mass is 10.2. The van der Waals surface area contributed by atoms with Gasteiger partial charge >= 0.3 is 0 Å². The monoisotopic (exact) mass is 325 g/mol. The van der Waals surface area contributed by atoms with Crippen molar-refractivity contribution in [3.8, 4) is 11.8 Å². The average Bonchev–Trinajstić information content (AvgIpc) is 2.92. The number of aliphatic imine (C=N–C) groups is 1. The maximum absolute atomic E-state index is 10.3. The van der Waals surface area contributed by atoms with Crippen molar-refractivity contribution in [2.45, 2.75) is 13.8 Å². The van der Waals surface area contributed by atoms with Crippen LogP contribution in [0.2, 0.25) is 0 Å². The summed E-state index contributed by atoms with van der Waals surface area (Å²) >= 11 is 0. The van der Waals surface area contributed by atoms with Gasteiger partial charge in [-0.3, -0.25) is 4.99 Å². The first-order valence-electron chi connectivity index (χ1n) is 8.04. The van der Waals surface area contributed by atoms with Crippen LogP contribution in [-0.4, -0.2) is 47.0 Å². The van der Waals surface area contributed by atoms with Gasteiger partial charge in [-0.25, -0.2) is 0 Å². The molecule has 0 fully saturated rings. The van der Waals surface area contributed by atoms with Crippen molar-refractivity contribution in [3.05, 3.63) is 35.5 Å². The van der Waals surface area contributed by atoms with Crippen molar-refractivity contribution in [1.82, 2.24) is 9.88 Å². The standard InChI is InChI=1S/C18H23N5O/c1-3-23(4-2)10-9-21-18(20)13(12-19)11-16-17(24)14-7-5-6-8-15(14)22-16/h5-8,11,22,24H,3-4,9-10H2,1-2H3,(H2,20,21)/b13-11+. The number of benzene rings is 1. The van der Waals surface area contributed by atoms with Gasteiger partial charge in [0.05, 0.1) is 17.8 Å². The molecule has 0 saturated heterocycles. The number of aromatic amines is 1. The van der Waals surface area contributed by atoms with Crippen molar-refractivity contribution in [3.63, 3.8) is 0 Å². The number of para-hydroxylation sites is 1. The van der Waals surface area contributed by atoms with Crippen LogP contribution in [0.4, 0.5) is 0 Å². The Morgan fingerprint density at radius 2 is 2.08 bits per heavy atom. The highest BCUT2D eigenvalue weighted by molar-refractivity contribution is 6.05. The molecule has 0 aliphatic rings. The summed E-state index contributed by atoms with van der Waals surface area (Å²) in [6, 6.07) is 9.44. The van der Waals surface area contributed by atoms with Gasteiger partial charge in [0, 0.05) is 17.4 Å². The van der Waals surface area contributed by atoms with Gasteiger partial charge in [0.2, 0.25) is 0 Å². The number of aromatic nitrogens is 1. The van der Waals surface area contributed by atoms with Crippen LogP contribution in [0, 0.1) is 11.3 Å². The minimum Gasteiger partial charge on any atom is -0.505 e. The molecule has 126 valence electrons. The van der Waals surface area contributed by atoms with Crippen molar-refractivity contribution >= 4 is 22.8 Å². The Labute approximate surface area is 141 Å². The molecule has 0 aliphatic carbocycles. The lowest BCUT2D eigenvalue weighted by Crippen LogP contribution is -2.26. The smallest absolute Gasteiger partial charge is 0.148 e. The van der Waals surface area contributed by atoms with Crippen LogP contribution in [0.15, 0.2) is 34.8 Å². The second kappa shape index (κ2) is 8.18. The summed E-state index contributed by atoms with van der Waals surface area (Å²) in [5.74, 6) is 0.289. The number of H-pyrrole nitrogens is 1. The molecule has 0 bridgehead atoms. The minimum absolute atomic E-state index is 0.106. The van der Waals surface area contributed by atoms with Crippen LogP contribution in [0.1, 0.15) is 19.5 Å². The van der Waals surface area contributed by atoms with Crippen LogP contribution in [0.25, 0.3) is 17.0 Å². The molecule has 6 nitrogen and oxygen atoms in total. The molecular weight excluding hydrogens is 302 g/mol.